The summed E-state index contributed by atoms with van der Waals surface area (Å²) in [4.78, 5) is 34.3. The van der Waals surface area contributed by atoms with Crippen molar-refractivity contribution in [1.29, 1.82) is 0 Å². The summed E-state index contributed by atoms with van der Waals surface area (Å²) >= 11 is 0. The highest BCUT2D eigenvalue weighted by atomic mass is 16.2. The SMILES string of the molecule is CC(=O)c1cccc(Nc2cnc(C(=O)N3CCCC(C)C3)cn2)c1. The minimum atomic E-state index is -0.0656. The van der Waals surface area contributed by atoms with Crippen LogP contribution in [0.25, 0.3) is 0 Å². The number of anilines is 2. The first-order valence-corrected chi connectivity index (χ1v) is 8.52. The van der Waals surface area contributed by atoms with E-state index in [4.69, 9.17) is 0 Å². The third-order valence-electron chi connectivity index (χ3n) is 4.36. The maximum Gasteiger partial charge on any atom is 0.274 e. The summed E-state index contributed by atoms with van der Waals surface area (Å²) in [5.41, 5.74) is 1.74. The molecule has 25 heavy (non-hydrogen) atoms. The maximum atomic E-state index is 12.5. The summed E-state index contributed by atoms with van der Waals surface area (Å²) in [5, 5.41) is 3.10. The molecule has 1 amide bonds. The Morgan fingerprint density at radius 1 is 1.24 bits per heavy atom. The van der Waals surface area contributed by atoms with Crippen molar-refractivity contribution in [2.24, 2.45) is 5.92 Å². The third kappa shape index (κ3) is 4.21. The molecule has 1 aromatic carbocycles. The number of hydrogen-bond donors (Lipinski definition) is 1. The molecule has 1 saturated heterocycles. The predicted molar refractivity (Wildman–Crippen MR) is 96.1 cm³/mol. The van der Waals surface area contributed by atoms with E-state index in [1.807, 2.05) is 17.0 Å². The molecule has 6 heteroatoms. The number of Topliss-reactive ketones (excluding diaryl/α,β-unsaturated/α-hetero) is 1. The fourth-order valence-electron chi connectivity index (χ4n) is 3.00. The first-order valence-electron chi connectivity index (χ1n) is 8.52. The van der Waals surface area contributed by atoms with Crippen molar-refractivity contribution in [2.45, 2.75) is 26.7 Å². The molecule has 1 aromatic heterocycles. The number of nitrogens with one attached hydrogen (secondary N) is 1. The summed E-state index contributed by atoms with van der Waals surface area (Å²) in [5.74, 6) is 1.00. The molecule has 130 valence electrons. The standard InChI is InChI=1S/C19H22N4O2/c1-13-5-4-8-23(12-13)19(25)17-10-21-18(11-20-17)22-16-7-3-6-15(9-16)14(2)24/h3,6-7,9-11,13H,4-5,8,12H2,1-2H3,(H,21,22). The molecule has 1 aliphatic heterocycles. The molecule has 1 aliphatic rings. The summed E-state index contributed by atoms with van der Waals surface area (Å²) in [6.07, 6.45) is 5.24. The number of amides is 1. The van der Waals surface area contributed by atoms with Crippen molar-refractivity contribution >= 4 is 23.2 Å². The highest BCUT2D eigenvalue weighted by molar-refractivity contribution is 5.95. The van der Waals surface area contributed by atoms with Crippen LogP contribution >= 0.6 is 0 Å². The average Bonchev–Trinajstić information content (AvgIpc) is 2.62. The van der Waals surface area contributed by atoms with Gasteiger partial charge in [0.1, 0.15) is 11.5 Å². The smallest absolute Gasteiger partial charge is 0.274 e. The average molecular weight is 338 g/mol. The summed E-state index contributed by atoms with van der Waals surface area (Å²) < 4.78 is 0. The number of piperidine rings is 1. The van der Waals surface area contributed by atoms with E-state index in [9.17, 15) is 9.59 Å². The number of carbonyl (C=O) groups excluding carboxylic acids is 2. The van der Waals surface area contributed by atoms with E-state index in [0.717, 1.165) is 31.6 Å². The lowest BCUT2D eigenvalue weighted by molar-refractivity contribution is 0.0676. The van der Waals surface area contributed by atoms with Crippen LogP contribution in [-0.4, -0.2) is 39.6 Å². The number of ketones is 1. The molecule has 2 heterocycles. The molecule has 0 aliphatic carbocycles. The lowest BCUT2D eigenvalue weighted by atomic mass is 10.0. The Balaban J connectivity index is 1.69. The van der Waals surface area contributed by atoms with Crippen LogP contribution < -0.4 is 5.32 Å². The van der Waals surface area contributed by atoms with Gasteiger partial charge < -0.3 is 10.2 Å². The van der Waals surface area contributed by atoms with Crippen LogP contribution in [0.3, 0.4) is 0 Å². The van der Waals surface area contributed by atoms with Gasteiger partial charge in [0.25, 0.3) is 5.91 Å². The highest BCUT2D eigenvalue weighted by Crippen LogP contribution is 2.18. The quantitative estimate of drug-likeness (QED) is 0.866. The number of carbonyl (C=O) groups is 2. The van der Waals surface area contributed by atoms with Gasteiger partial charge in [0.05, 0.1) is 12.4 Å². The van der Waals surface area contributed by atoms with Gasteiger partial charge in [-0.2, -0.15) is 0 Å². The largest absolute Gasteiger partial charge is 0.339 e. The van der Waals surface area contributed by atoms with Crippen LogP contribution in [0.2, 0.25) is 0 Å². The van der Waals surface area contributed by atoms with Gasteiger partial charge in [0.15, 0.2) is 5.78 Å². The minimum Gasteiger partial charge on any atom is -0.339 e. The first kappa shape index (κ1) is 17.1. The zero-order valence-corrected chi connectivity index (χ0v) is 14.5. The number of benzene rings is 1. The topological polar surface area (TPSA) is 75.2 Å². The van der Waals surface area contributed by atoms with E-state index in [1.165, 1.54) is 13.1 Å². The lowest BCUT2D eigenvalue weighted by Crippen LogP contribution is -2.39. The Hall–Kier alpha value is -2.76. The molecular formula is C19H22N4O2. The molecule has 0 bridgehead atoms. The fraction of sp³-hybridized carbons (Fsp3) is 0.368. The third-order valence-corrected chi connectivity index (χ3v) is 4.36. The Morgan fingerprint density at radius 3 is 2.76 bits per heavy atom. The van der Waals surface area contributed by atoms with Crippen LogP contribution in [0.5, 0.6) is 0 Å². The van der Waals surface area contributed by atoms with E-state index in [1.54, 1.807) is 18.3 Å². The normalized spacial score (nSPS) is 17.2. The van der Waals surface area contributed by atoms with Gasteiger partial charge in [-0.3, -0.25) is 9.59 Å². The molecule has 0 saturated carbocycles. The van der Waals surface area contributed by atoms with Gasteiger partial charge >= 0.3 is 0 Å². The monoisotopic (exact) mass is 338 g/mol. The van der Waals surface area contributed by atoms with Crippen molar-refractivity contribution in [2.75, 3.05) is 18.4 Å². The number of rotatable bonds is 4. The summed E-state index contributed by atoms with van der Waals surface area (Å²) in [6, 6.07) is 7.18. The Kier molecular flexibility index (Phi) is 5.07. The van der Waals surface area contributed by atoms with Gasteiger partial charge in [-0.15, -0.1) is 0 Å². The Bertz CT molecular complexity index is 773. The van der Waals surface area contributed by atoms with Crippen molar-refractivity contribution in [3.8, 4) is 0 Å². The molecule has 2 aromatic rings. The summed E-state index contributed by atoms with van der Waals surface area (Å²) in [7, 11) is 0. The fourth-order valence-corrected chi connectivity index (χ4v) is 3.00. The second-order valence-corrected chi connectivity index (χ2v) is 6.55. The molecule has 6 nitrogen and oxygen atoms in total. The van der Waals surface area contributed by atoms with Crippen LogP contribution in [-0.2, 0) is 0 Å². The van der Waals surface area contributed by atoms with E-state index < -0.39 is 0 Å². The molecular weight excluding hydrogens is 316 g/mol. The van der Waals surface area contributed by atoms with Crippen molar-refractivity contribution < 1.29 is 9.59 Å². The van der Waals surface area contributed by atoms with E-state index in [2.05, 4.69) is 22.2 Å². The van der Waals surface area contributed by atoms with Crippen molar-refractivity contribution in [3.05, 3.63) is 47.9 Å². The Morgan fingerprint density at radius 2 is 2.08 bits per heavy atom. The Labute approximate surface area is 147 Å². The maximum absolute atomic E-state index is 12.5. The second-order valence-electron chi connectivity index (χ2n) is 6.55. The second kappa shape index (κ2) is 7.42. The zero-order valence-electron chi connectivity index (χ0n) is 14.5. The molecule has 0 radical (unpaired) electrons. The first-order chi connectivity index (χ1) is 12.0. The zero-order chi connectivity index (χ0) is 17.8. The van der Waals surface area contributed by atoms with E-state index in [0.29, 0.717) is 23.0 Å². The van der Waals surface area contributed by atoms with E-state index in [-0.39, 0.29) is 11.7 Å². The molecule has 1 N–H and O–H groups in total. The van der Waals surface area contributed by atoms with E-state index >= 15 is 0 Å². The highest BCUT2D eigenvalue weighted by Gasteiger charge is 2.23. The number of aromatic nitrogens is 2. The molecule has 0 spiro atoms. The predicted octanol–water partition coefficient (Wildman–Crippen LogP) is 3.29. The molecule has 3 rings (SSSR count). The molecule has 1 atom stereocenters. The van der Waals surface area contributed by atoms with Crippen LogP contribution in [0.1, 0.15) is 47.5 Å². The van der Waals surface area contributed by atoms with Gasteiger partial charge in [0.2, 0.25) is 0 Å². The van der Waals surface area contributed by atoms with Crippen molar-refractivity contribution in [1.82, 2.24) is 14.9 Å². The van der Waals surface area contributed by atoms with Gasteiger partial charge in [0, 0.05) is 24.3 Å². The van der Waals surface area contributed by atoms with Crippen molar-refractivity contribution in [3.63, 3.8) is 0 Å². The van der Waals surface area contributed by atoms with Crippen LogP contribution in [0, 0.1) is 5.92 Å². The van der Waals surface area contributed by atoms with Gasteiger partial charge in [-0.1, -0.05) is 19.1 Å². The minimum absolute atomic E-state index is 0.00596. The number of hydrogen-bond acceptors (Lipinski definition) is 5. The van der Waals surface area contributed by atoms with Crippen LogP contribution in [0.4, 0.5) is 11.5 Å². The molecule has 1 unspecified atom stereocenters. The number of likely N-dealkylation sites (tertiary alicyclic amines) is 1. The van der Waals surface area contributed by atoms with Gasteiger partial charge in [-0.25, -0.2) is 9.97 Å². The van der Waals surface area contributed by atoms with Crippen LogP contribution in [0.15, 0.2) is 36.7 Å². The number of nitrogens with zero attached hydrogens (tertiary/aromatic N) is 3. The summed E-state index contributed by atoms with van der Waals surface area (Å²) in [6.45, 7) is 5.25. The van der Waals surface area contributed by atoms with Gasteiger partial charge in [-0.05, 0) is 37.8 Å². The lowest BCUT2D eigenvalue weighted by Gasteiger charge is -2.30. The molecule has 1 fully saturated rings.